The number of hydrogen-bond donors (Lipinski definition) is 0. The van der Waals surface area contributed by atoms with Gasteiger partial charge in [0.25, 0.3) is 5.69 Å². The molecule has 4 nitrogen and oxygen atoms in total. The van der Waals surface area contributed by atoms with Gasteiger partial charge in [-0.2, -0.15) is 0 Å². The number of nitro groups is 1. The SMILES string of the molecule is C[Si](C)(C)CCOc1ccc([N+](=O)[O-])cc1Cl. The summed E-state index contributed by atoms with van der Waals surface area (Å²) in [6.07, 6.45) is 0. The summed E-state index contributed by atoms with van der Waals surface area (Å²) in [5, 5.41) is 10.8. The number of benzene rings is 1. The van der Waals surface area contributed by atoms with Crippen LogP contribution in [-0.2, 0) is 0 Å². The highest BCUT2D eigenvalue weighted by molar-refractivity contribution is 6.76. The highest BCUT2D eigenvalue weighted by Gasteiger charge is 2.14. The molecular weight excluding hydrogens is 258 g/mol. The first kappa shape index (κ1) is 14.0. The van der Waals surface area contributed by atoms with Gasteiger partial charge in [-0.1, -0.05) is 31.2 Å². The van der Waals surface area contributed by atoms with Crippen LogP contribution in [0, 0.1) is 10.1 Å². The lowest BCUT2D eigenvalue weighted by molar-refractivity contribution is -0.384. The quantitative estimate of drug-likeness (QED) is 0.463. The molecule has 0 amide bonds. The van der Waals surface area contributed by atoms with Gasteiger partial charge in [-0.15, -0.1) is 0 Å². The van der Waals surface area contributed by atoms with Gasteiger partial charge in [0.15, 0.2) is 0 Å². The van der Waals surface area contributed by atoms with E-state index >= 15 is 0 Å². The minimum Gasteiger partial charge on any atom is -0.492 e. The molecule has 0 aliphatic heterocycles. The molecule has 0 bridgehead atoms. The van der Waals surface area contributed by atoms with Crippen LogP contribution in [0.25, 0.3) is 0 Å². The largest absolute Gasteiger partial charge is 0.492 e. The highest BCUT2D eigenvalue weighted by Crippen LogP contribution is 2.29. The lowest BCUT2D eigenvalue weighted by Crippen LogP contribution is -2.22. The van der Waals surface area contributed by atoms with Crippen molar-refractivity contribution in [1.82, 2.24) is 0 Å². The topological polar surface area (TPSA) is 52.4 Å². The standard InChI is InChI=1S/C11H16ClNO3Si/c1-17(2,3)7-6-16-11-5-4-9(13(14)15)8-10(11)12/h4-5,8H,6-7H2,1-3H3. The van der Waals surface area contributed by atoms with E-state index in [0.717, 1.165) is 6.04 Å². The summed E-state index contributed by atoms with van der Waals surface area (Å²) in [6, 6.07) is 5.28. The lowest BCUT2D eigenvalue weighted by Gasteiger charge is -2.16. The van der Waals surface area contributed by atoms with Crippen LogP contribution >= 0.6 is 11.6 Å². The van der Waals surface area contributed by atoms with Crippen molar-refractivity contribution in [2.75, 3.05) is 6.61 Å². The summed E-state index contributed by atoms with van der Waals surface area (Å²) in [5.41, 5.74) is -0.0208. The molecule has 1 aromatic rings. The van der Waals surface area contributed by atoms with Crippen LogP contribution in [0.15, 0.2) is 18.2 Å². The number of halogens is 1. The molecule has 0 N–H and O–H groups in total. The van der Waals surface area contributed by atoms with E-state index in [-0.39, 0.29) is 10.7 Å². The molecule has 0 atom stereocenters. The van der Waals surface area contributed by atoms with Gasteiger partial charge in [0.1, 0.15) is 5.75 Å². The third-order valence-electron chi connectivity index (χ3n) is 2.24. The number of rotatable bonds is 5. The molecule has 1 rings (SSSR count). The molecule has 0 saturated carbocycles. The summed E-state index contributed by atoms with van der Waals surface area (Å²) < 4.78 is 5.53. The van der Waals surface area contributed by atoms with E-state index in [1.54, 1.807) is 6.07 Å². The van der Waals surface area contributed by atoms with E-state index < -0.39 is 13.0 Å². The number of hydrogen-bond acceptors (Lipinski definition) is 3. The van der Waals surface area contributed by atoms with Crippen LogP contribution in [0.3, 0.4) is 0 Å². The molecule has 0 saturated heterocycles. The van der Waals surface area contributed by atoms with E-state index in [9.17, 15) is 10.1 Å². The summed E-state index contributed by atoms with van der Waals surface area (Å²) in [5.74, 6) is 0.510. The number of non-ortho nitro benzene ring substituents is 1. The Balaban J connectivity index is 2.64. The smallest absolute Gasteiger partial charge is 0.271 e. The second kappa shape index (κ2) is 5.51. The molecule has 0 aromatic heterocycles. The van der Waals surface area contributed by atoms with Crippen LogP contribution in [0.5, 0.6) is 5.75 Å². The van der Waals surface area contributed by atoms with Gasteiger partial charge in [0, 0.05) is 20.2 Å². The molecule has 0 radical (unpaired) electrons. The van der Waals surface area contributed by atoms with Gasteiger partial charge < -0.3 is 4.74 Å². The molecular formula is C11H16ClNO3Si. The van der Waals surface area contributed by atoms with Gasteiger partial charge in [0.2, 0.25) is 0 Å². The van der Waals surface area contributed by atoms with Gasteiger partial charge in [-0.25, -0.2) is 0 Å². The molecule has 1 aromatic carbocycles. The maximum Gasteiger partial charge on any atom is 0.271 e. The minimum absolute atomic E-state index is 0.0208. The maximum atomic E-state index is 10.5. The Labute approximate surface area is 107 Å². The first-order valence-electron chi connectivity index (χ1n) is 5.36. The number of nitrogens with zero attached hydrogens (tertiary/aromatic N) is 1. The molecule has 0 unspecified atom stereocenters. The minimum atomic E-state index is -1.13. The molecule has 0 fully saturated rings. The van der Waals surface area contributed by atoms with Crippen LogP contribution in [0.2, 0.25) is 30.7 Å². The van der Waals surface area contributed by atoms with E-state index in [2.05, 4.69) is 19.6 Å². The third kappa shape index (κ3) is 4.75. The fraction of sp³-hybridized carbons (Fsp3) is 0.455. The first-order valence-corrected chi connectivity index (χ1v) is 9.45. The molecule has 0 heterocycles. The normalized spacial score (nSPS) is 11.3. The molecule has 94 valence electrons. The van der Waals surface area contributed by atoms with Crippen molar-refractivity contribution in [3.05, 3.63) is 33.3 Å². The van der Waals surface area contributed by atoms with Crippen molar-refractivity contribution in [3.63, 3.8) is 0 Å². The molecule has 17 heavy (non-hydrogen) atoms. The molecule has 6 heteroatoms. The van der Waals surface area contributed by atoms with Gasteiger partial charge in [-0.05, 0) is 12.1 Å². The van der Waals surface area contributed by atoms with Gasteiger partial charge in [0.05, 0.1) is 16.6 Å². The zero-order valence-corrected chi connectivity index (χ0v) is 12.0. The Morgan fingerprint density at radius 1 is 1.41 bits per heavy atom. The Morgan fingerprint density at radius 3 is 2.53 bits per heavy atom. The Morgan fingerprint density at radius 2 is 2.06 bits per heavy atom. The van der Waals surface area contributed by atoms with Crippen LogP contribution in [0.4, 0.5) is 5.69 Å². The first-order chi connectivity index (χ1) is 7.79. The third-order valence-corrected chi connectivity index (χ3v) is 4.24. The average Bonchev–Trinajstić information content (AvgIpc) is 2.18. The van der Waals surface area contributed by atoms with E-state index in [0.29, 0.717) is 12.4 Å². The number of nitro benzene ring substituents is 1. The van der Waals surface area contributed by atoms with Crippen molar-refractivity contribution in [2.24, 2.45) is 0 Å². The average molecular weight is 274 g/mol. The van der Waals surface area contributed by atoms with Crippen molar-refractivity contribution < 1.29 is 9.66 Å². The zero-order chi connectivity index (χ0) is 13.1. The lowest BCUT2D eigenvalue weighted by atomic mass is 10.3. The van der Waals surface area contributed by atoms with Crippen LogP contribution in [-0.4, -0.2) is 19.6 Å². The van der Waals surface area contributed by atoms with Crippen LogP contribution < -0.4 is 4.74 Å². The monoisotopic (exact) mass is 273 g/mol. The van der Waals surface area contributed by atoms with E-state index in [1.807, 2.05) is 0 Å². The fourth-order valence-corrected chi connectivity index (χ4v) is 2.13. The number of ether oxygens (including phenoxy) is 1. The van der Waals surface area contributed by atoms with Crippen molar-refractivity contribution in [1.29, 1.82) is 0 Å². The Kier molecular flexibility index (Phi) is 4.53. The summed E-state index contributed by atoms with van der Waals surface area (Å²) >= 11 is 5.91. The van der Waals surface area contributed by atoms with Gasteiger partial charge in [-0.3, -0.25) is 10.1 Å². The predicted molar refractivity (Wildman–Crippen MR) is 71.8 cm³/mol. The molecule has 0 aliphatic carbocycles. The van der Waals surface area contributed by atoms with Crippen molar-refractivity contribution in [2.45, 2.75) is 25.7 Å². The predicted octanol–water partition coefficient (Wildman–Crippen LogP) is 3.97. The Hall–Kier alpha value is -1.07. The van der Waals surface area contributed by atoms with Crippen molar-refractivity contribution in [3.8, 4) is 5.75 Å². The zero-order valence-electron chi connectivity index (χ0n) is 10.2. The maximum absolute atomic E-state index is 10.5. The summed E-state index contributed by atoms with van der Waals surface area (Å²) in [7, 11) is -1.13. The fourth-order valence-electron chi connectivity index (χ4n) is 1.19. The molecule has 0 aliphatic rings. The Bertz CT molecular complexity index is 418. The van der Waals surface area contributed by atoms with Gasteiger partial charge >= 0.3 is 0 Å². The van der Waals surface area contributed by atoms with E-state index in [1.165, 1.54) is 12.1 Å². The summed E-state index contributed by atoms with van der Waals surface area (Å²) in [4.78, 5) is 10.0. The summed E-state index contributed by atoms with van der Waals surface area (Å²) in [6.45, 7) is 7.38. The molecule has 0 spiro atoms. The van der Waals surface area contributed by atoms with Crippen LogP contribution in [0.1, 0.15) is 0 Å². The highest BCUT2D eigenvalue weighted by atomic mass is 35.5. The second-order valence-corrected chi connectivity index (χ2v) is 11.1. The second-order valence-electron chi connectivity index (χ2n) is 5.03. The van der Waals surface area contributed by atoms with Crippen molar-refractivity contribution >= 4 is 25.4 Å². The van der Waals surface area contributed by atoms with E-state index in [4.69, 9.17) is 16.3 Å².